The quantitative estimate of drug-likeness (QED) is 0.831. The molecule has 1 aromatic carbocycles. The molecule has 7 nitrogen and oxygen atoms in total. The van der Waals surface area contributed by atoms with Crippen LogP contribution in [0.1, 0.15) is 23.7 Å². The monoisotopic (exact) mass is 402 g/mol. The number of benzene rings is 1. The van der Waals surface area contributed by atoms with Gasteiger partial charge in [-0.2, -0.15) is 0 Å². The molecule has 1 aliphatic rings. The second-order valence-corrected chi connectivity index (χ2v) is 7.68. The average Bonchev–Trinajstić information content (AvgIpc) is 3.10. The molecule has 8 heteroatoms. The number of hydrogen-bond donors (Lipinski definition) is 1. The van der Waals surface area contributed by atoms with Crippen molar-refractivity contribution in [3.8, 4) is 0 Å². The maximum Gasteiger partial charge on any atom is 0.413 e. The van der Waals surface area contributed by atoms with Crippen molar-refractivity contribution in [2.45, 2.75) is 27.2 Å². The fourth-order valence-electron chi connectivity index (χ4n) is 3.22. The third kappa shape index (κ3) is 5.01. The summed E-state index contributed by atoms with van der Waals surface area (Å²) in [5.41, 5.74) is 4.42. The summed E-state index contributed by atoms with van der Waals surface area (Å²) in [4.78, 5) is 32.6. The van der Waals surface area contributed by atoms with E-state index in [-0.39, 0.29) is 12.3 Å². The fourth-order valence-corrected chi connectivity index (χ4v) is 3.92. The maximum atomic E-state index is 12.6. The Bertz CT molecular complexity index is 844. The Morgan fingerprint density at radius 2 is 1.96 bits per heavy atom. The number of carbonyl (C=O) groups is 2. The summed E-state index contributed by atoms with van der Waals surface area (Å²) < 4.78 is 4.83. The standard InChI is InChI=1S/C20H26N4O3S/c1-4-27-20(26)22-19-21-16(13-28-19)12-18(25)24-9-7-23(8-10-24)17-11-14(2)5-6-15(17)3/h5-6,11,13H,4,7-10,12H2,1-3H3,(H,21,22,26). The predicted molar refractivity (Wildman–Crippen MR) is 111 cm³/mol. The number of rotatable bonds is 5. The van der Waals surface area contributed by atoms with Crippen molar-refractivity contribution in [3.05, 3.63) is 40.4 Å². The topological polar surface area (TPSA) is 74.8 Å². The number of carbonyl (C=O) groups excluding carboxylic acids is 2. The molecule has 1 saturated heterocycles. The van der Waals surface area contributed by atoms with E-state index in [0.29, 0.717) is 30.5 Å². The molecule has 0 bridgehead atoms. The van der Waals surface area contributed by atoms with Crippen molar-refractivity contribution in [2.24, 2.45) is 0 Å². The summed E-state index contributed by atoms with van der Waals surface area (Å²) in [6.45, 7) is 9.31. The Morgan fingerprint density at radius 1 is 1.21 bits per heavy atom. The van der Waals surface area contributed by atoms with Gasteiger partial charge in [-0.25, -0.2) is 9.78 Å². The summed E-state index contributed by atoms with van der Waals surface area (Å²) in [6.07, 6.45) is -0.290. The molecule has 28 heavy (non-hydrogen) atoms. The minimum Gasteiger partial charge on any atom is -0.450 e. The van der Waals surface area contributed by atoms with Crippen LogP contribution in [0, 0.1) is 13.8 Å². The first-order valence-electron chi connectivity index (χ1n) is 9.44. The van der Waals surface area contributed by atoms with Crippen molar-refractivity contribution >= 4 is 34.2 Å². The third-order valence-electron chi connectivity index (χ3n) is 4.71. The molecule has 1 N–H and O–H groups in total. The van der Waals surface area contributed by atoms with Gasteiger partial charge in [-0.1, -0.05) is 12.1 Å². The zero-order chi connectivity index (χ0) is 20.1. The summed E-state index contributed by atoms with van der Waals surface area (Å²) >= 11 is 1.29. The zero-order valence-corrected chi connectivity index (χ0v) is 17.3. The van der Waals surface area contributed by atoms with Crippen LogP contribution in [0.4, 0.5) is 15.6 Å². The van der Waals surface area contributed by atoms with Gasteiger partial charge in [0.05, 0.1) is 18.7 Å². The van der Waals surface area contributed by atoms with Gasteiger partial charge in [-0.3, -0.25) is 10.1 Å². The number of ether oxygens (including phenoxy) is 1. The molecular formula is C20H26N4O3S. The molecule has 3 rings (SSSR count). The number of aryl methyl sites for hydroxylation is 2. The lowest BCUT2D eigenvalue weighted by atomic mass is 10.1. The Labute approximate surface area is 169 Å². The van der Waals surface area contributed by atoms with E-state index in [1.807, 2.05) is 4.90 Å². The molecule has 2 aromatic rings. The van der Waals surface area contributed by atoms with Crippen LogP contribution in [-0.4, -0.2) is 54.7 Å². The molecule has 2 heterocycles. The average molecular weight is 403 g/mol. The molecule has 1 aliphatic heterocycles. The van der Waals surface area contributed by atoms with Crippen molar-refractivity contribution in [3.63, 3.8) is 0 Å². The Kier molecular flexibility index (Phi) is 6.51. The predicted octanol–water partition coefficient (Wildman–Crippen LogP) is 3.22. The lowest BCUT2D eigenvalue weighted by Gasteiger charge is -2.37. The largest absolute Gasteiger partial charge is 0.450 e. The van der Waals surface area contributed by atoms with Crippen LogP contribution >= 0.6 is 11.3 Å². The summed E-state index contributed by atoms with van der Waals surface area (Å²) in [7, 11) is 0. The first kappa shape index (κ1) is 20.1. The lowest BCUT2D eigenvalue weighted by Crippen LogP contribution is -2.49. The first-order valence-corrected chi connectivity index (χ1v) is 10.3. The molecule has 1 fully saturated rings. The molecule has 0 spiro atoms. The first-order chi connectivity index (χ1) is 13.5. The second kappa shape index (κ2) is 9.05. The highest BCUT2D eigenvalue weighted by atomic mass is 32.1. The third-order valence-corrected chi connectivity index (χ3v) is 5.51. The fraction of sp³-hybridized carbons (Fsp3) is 0.450. The van der Waals surface area contributed by atoms with Gasteiger partial charge < -0.3 is 14.5 Å². The minimum absolute atomic E-state index is 0.0635. The van der Waals surface area contributed by atoms with Gasteiger partial charge in [-0.15, -0.1) is 11.3 Å². The van der Waals surface area contributed by atoms with Gasteiger partial charge in [0.2, 0.25) is 5.91 Å². The van der Waals surface area contributed by atoms with Gasteiger partial charge in [0.25, 0.3) is 0 Å². The number of nitrogens with zero attached hydrogens (tertiary/aromatic N) is 3. The summed E-state index contributed by atoms with van der Waals surface area (Å²) in [6, 6.07) is 6.48. The van der Waals surface area contributed by atoms with Gasteiger partial charge in [0.1, 0.15) is 0 Å². The van der Waals surface area contributed by atoms with Crippen LogP contribution in [-0.2, 0) is 16.0 Å². The van der Waals surface area contributed by atoms with Crippen LogP contribution in [0.25, 0.3) is 0 Å². The van der Waals surface area contributed by atoms with Gasteiger partial charge in [-0.05, 0) is 38.0 Å². The number of aromatic nitrogens is 1. The second-order valence-electron chi connectivity index (χ2n) is 6.82. The van der Waals surface area contributed by atoms with E-state index in [0.717, 1.165) is 13.1 Å². The van der Waals surface area contributed by atoms with Crippen LogP contribution in [0.15, 0.2) is 23.6 Å². The van der Waals surface area contributed by atoms with E-state index in [2.05, 4.69) is 47.2 Å². The maximum absolute atomic E-state index is 12.6. The molecule has 150 valence electrons. The zero-order valence-electron chi connectivity index (χ0n) is 16.5. The SMILES string of the molecule is CCOC(=O)Nc1nc(CC(=O)N2CCN(c3cc(C)ccc3C)CC2)cs1. The highest BCUT2D eigenvalue weighted by Crippen LogP contribution is 2.23. The number of amides is 2. The summed E-state index contributed by atoms with van der Waals surface area (Å²) in [5.74, 6) is 0.0635. The van der Waals surface area contributed by atoms with E-state index >= 15 is 0 Å². The number of nitrogens with one attached hydrogen (secondary N) is 1. The molecule has 0 saturated carbocycles. The van der Waals surface area contributed by atoms with Crippen molar-refractivity contribution < 1.29 is 14.3 Å². The van der Waals surface area contributed by atoms with E-state index in [1.165, 1.54) is 28.2 Å². The number of hydrogen-bond acceptors (Lipinski definition) is 6. The van der Waals surface area contributed by atoms with Gasteiger partial charge in [0.15, 0.2) is 5.13 Å². The number of thiazole rings is 1. The van der Waals surface area contributed by atoms with Crippen molar-refractivity contribution in [1.82, 2.24) is 9.88 Å². The highest BCUT2D eigenvalue weighted by Gasteiger charge is 2.23. The van der Waals surface area contributed by atoms with Gasteiger partial charge in [0, 0.05) is 37.2 Å². The normalized spacial score (nSPS) is 14.1. The van der Waals surface area contributed by atoms with Crippen LogP contribution < -0.4 is 10.2 Å². The van der Waals surface area contributed by atoms with Crippen LogP contribution in [0.5, 0.6) is 0 Å². The Balaban J connectivity index is 1.52. The highest BCUT2D eigenvalue weighted by molar-refractivity contribution is 7.13. The van der Waals surface area contributed by atoms with Crippen LogP contribution in [0.2, 0.25) is 0 Å². The van der Waals surface area contributed by atoms with E-state index < -0.39 is 6.09 Å². The van der Waals surface area contributed by atoms with E-state index in [4.69, 9.17) is 4.74 Å². The number of piperazine rings is 1. The van der Waals surface area contributed by atoms with Crippen molar-refractivity contribution in [1.29, 1.82) is 0 Å². The van der Waals surface area contributed by atoms with E-state index in [1.54, 1.807) is 12.3 Å². The molecule has 1 aromatic heterocycles. The van der Waals surface area contributed by atoms with Crippen LogP contribution in [0.3, 0.4) is 0 Å². The molecule has 0 aliphatic carbocycles. The minimum atomic E-state index is -0.530. The smallest absolute Gasteiger partial charge is 0.413 e. The molecule has 2 amide bonds. The molecule has 0 atom stereocenters. The molecular weight excluding hydrogens is 376 g/mol. The van der Waals surface area contributed by atoms with Gasteiger partial charge >= 0.3 is 6.09 Å². The van der Waals surface area contributed by atoms with Crippen molar-refractivity contribution in [2.75, 3.05) is 43.0 Å². The van der Waals surface area contributed by atoms with E-state index in [9.17, 15) is 9.59 Å². The lowest BCUT2D eigenvalue weighted by molar-refractivity contribution is -0.130. The molecule has 0 radical (unpaired) electrons. The Morgan fingerprint density at radius 3 is 2.68 bits per heavy atom. The molecule has 0 unspecified atom stereocenters. The summed E-state index contributed by atoms with van der Waals surface area (Å²) in [5, 5.41) is 4.81. The number of anilines is 2. The Hall–Kier alpha value is -2.61.